The van der Waals surface area contributed by atoms with Gasteiger partial charge < -0.3 is 15.1 Å². The fourth-order valence-corrected chi connectivity index (χ4v) is 3.81. The molecule has 5 heteroatoms. The van der Waals surface area contributed by atoms with E-state index in [4.69, 9.17) is 0 Å². The number of carbonyl (C=O) groups excluding carboxylic acids is 2. The first-order valence-electron chi connectivity index (χ1n) is 10.6. The van der Waals surface area contributed by atoms with E-state index in [-0.39, 0.29) is 23.8 Å². The van der Waals surface area contributed by atoms with Crippen LogP contribution in [0.2, 0.25) is 0 Å². The number of nitrogens with zero attached hydrogens (tertiary/aromatic N) is 2. The van der Waals surface area contributed by atoms with Crippen molar-refractivity contribution in [1.29, 1.82) is 0 Å². The molecule has 1 saturated heterocycles. The molecule has 1 N–H and O–H groups in total. The van der Waals surface area contributed by atoms with Gasteiger partial charge in [0.1, 0.15) is 0 Å². The smallest absolute Gasteiger partial charge is 0.246 e. The molecule has 1 fully saturated rings. The Morgan fingerprint density at radius 3 is 2.23 bits per heavy atom. The Morgan fingerprint density at radius 1 is 1.03 bits per heavy atom. The highest BCUT2D eigenvalue weighted by molar-refractivity contribution is 5.92. The van der Waals surface area contributed by atoms with Crippen molar-refractivity contribution < 1.29 is 9.59 Å². The standard InChI is InChI=1S/C25H31N3O2/c1-27(2)23(21-11-7-4-8-12-21)19-26-25(30)22-15-17-28(18-16-22)24(29)14-13-20-9-5-3-6-10-20/h3-14,22-23H,15-19H2,1-2H3,(H,26,30)/b14-13+/t23-/m1/s1. The fourth-order valence-electron chi connectivity index (χ4n) is 3.81. The molecule has 5 nitrogen and oxygen atoms in total. The van der Waals surface area contributed by atoms with Crippen LogP contribution in [0.5, 0.6) is 0 Å². The number of amides is 2. The van der Waals surface area contributed by atoms with Crippen molar-refractivity contribution in [2.75, 3.05) is 33.7 Å². The van der Waals surface area contributed by atoms with Crippen LogP contribution in [0.1, 0.15) is 30.0 Å². The predicted octanol–water partition coefficient (Wildman–Crippen LogP) is 3.36. The van der Waals surface area contributed by atoms with E-state index < -0.39 is 0 Å². The molecule has 2 aromatic carbocycles. The Labute approximate surface area is 179 Å². The predicted molar refractivity (Wildman–Crippen MR) is 121 cm³/mol. The summed E-state index contributed by atoms with van der Waals surface area (Å²) in [6.45, 7) is 1.81. The molecular formula is C25H31N3O2. The van der Waals surface area contributed by atoms with Crippen molar-refractivity contribution in [3.63, 3.8) is 0 Å². The summed E-state index contributed by atoms with van der Waals surface area (Å²) in [5, 5.41) is 3.12. The molecule has 3 rings (SSSR count). The average molecular weight is 406 g/mol. The van der Waals surface area contributed by atoms with Gasteiger partial charge in [-0.2, -0.15) is 0 Å². The summed E-state index contributed by atoms with van der Waals surface area (Å²) in [6.07, 6.45) is 4.87. The Morgan fingerprint density at radius 2 is 1.63 bits per heavy atom. The maximum Gasteiger partial charge on any atom is 0.246 e. The highest BCUT2D eigenvalue weighted by Crippen LogP contribution is 2.20. The molecule has 1 atom stereocenters. The van der Waals surface area contributed by atoms with Crippen LogP contribution >= 0.6 is 0 Å². The molecule has 2 aromatic rings. The first-order valence-corrected chi connectivity index (χ1v) is 10.6. The van der Waals surface area contributed by atoms with Crippen LogP contribution < -0.4 is 5.32 Å². The van der Waals surface area contributed by atoms with Crippen LogP contribution in [0.4, 0.5) is 0 Å². The van der Waals surface area contributed by atoms with Gasteiger partial charge in [-0.3, -0.25) is 9.59 Å². The van der Waals surface area contributed by atoms with Crippen molar-refractivity contribution in [2.45, 2.75) is 18.9 Å². The molecule has 0 radical (unpaired) electrons. The molecule has 0 saturated carbocycles. The number of likely N-dealkylation sites (N-methyl/N-ethyl adjacent to an activating group) is 1. The highest BCUT2D eigenvalue weighted by atomic mass is 16.2. The van der Waals surface area contributed by atoms with Gasteiger partial charge in [0.2, 0.25) is 11.8 Å². The third kappa shape index (κ3) is 6.04. The Balaban J connectivity index is 1.46. The molecule has 1 heterocycles. The summed E-state index contributed by atoms with van der Waals surface area (Å²) < 4.78 is 0. The number of hydrogen-bond acceptors (Lipinski definition) is 3. The SMILES string of the molecule is CN(C)[C@H](CNC(=O)C1CCN(C(=O)/C=C/c2ccccc2)CC1)c1ccccc1. The first-order chi connectivity index (χ1) is 14.5. The van der Waals surface area contributed by atoms with Gasteiger partial charge in [0.25, 0.3) is 0 Å². The fraction of sp³-hybridized carbons (Fsp3) is 0.360. The zero-order valence-electron chi connectivity index (χ0n) is 17.8. The lowest BCUT2D eigenvalue weighted by Gasteiger charge is -2.31. The van der Waals surface area contributed by atoms with Gasteiger partial charge in [-0.25, -0.2) is 0 Å². The molecule has 0 spiro atoms. The van der Waals surface area contributed by atoms with Crippen LogP contribution in [0.3, 0.4) is 0 Å². The third-order valence-corrected chi connectivity index (χ3v) is 5.67. The summed E-state index contributed by atoms with van der Waals surface area (Å²) in [6, 6.07) is 20.1. The molecular weight excluding hydrogens is 374 g/mol. The van der Waals surface area contributed by atoms with Crippen molar-refractivity contribution in [3.05, 3.63) is 77.9 Å². The molecule has 158 valence electrons. The van der Waals surface area contributed by atoms with E-state index in [1.165, 1.54) is 5.56 Å². The van der Waals surface area contributed by atoms with E-state index in [1.807, 2.05) is 73.6 Å². The van der Waals surface area contributed by atoms with Crippen molar-refractivity contribution in [3.8, 4) is 0 Å². The lowest BCUT2D eigenvalue weighted by molar-refractivity contribution is -0.132. The van der Waals surface area contributed by atoms with Gasteiger partial charge in [-0.05, 0) is 44.1 Å². The molecule has 0 bridgehead atoms. The van der Waals surface area contributed by atoms with Gasteiger partial charge in [-0.15, -0.1) is 0 Å². The van der Waals surface area contributed by atoms with Crippen molar-refractivity contribution in [1.82, 2.24) is 15.1 Å². The van der Waals surface area contributed by atoms with Crippen molar-refractivity contribution >= 4 is 17.9 Å². The summed E-state index contributed by atoms with van der Waals surface area (Å²) in [4.78, 5) is 29.1. The minimum Gasteiger partial charge on any atom is -0.354 e. The van der Waals surface area contributed by atoms with Gasteiger partial charge in [0.05, 0.1) is 6.04 Å². The Kier molecular flexibility index (Phi) is 7.80. The number of rotatable bonds is 7. The Hall–Kier alpha value is -2.92. The zero-order valence-corrected chi connectivity index (χ0v) is 17.8. The van der Waals surface area contributed by atoms with Crippen LogP contribution in [0.25, 0.3) is 6.08 Å². The van der Waals surface area contributed by atoms with Crippen molar-refractivity contribution in [2.24, 2.45) is 5.92 Å². The molecule has 0 unspecified atom stereocenters. The van der Waals surface area contributed by atoms with E-state index in [0.717, 1.165) is 5.56 Å². The van der Waals surface area contributed by atoms with E-state index in [2.05, 4.69) is 22.3 Å². The van der Waals surface area contributed by atoms with Gasteiger partial charge in [-0.1, -0.05) is 60.7 Å². The molecule has 30 heavy (non-hydrogen) atoms. The summed E-state index contributed by atoms with van der Waals surface area (Å²) >= 11 is 0. The van der Waals surface area contributed by atoms with Gasteiger partial charge in [0.15, 0.2) is 0 Å². The van der Waals surface area contributed by atoms with E-state index >= 15 is 0 Å². The maximum atomic E-state index is 12.7. The second-order valence-corrected chi connectivity index (χ2v) is 7.98. The number of hydrogen-bond donors (Lipinski definition) is 1. The first kappa shape index (κ1) is 21.8. The molecule has 0 aromatic heterocycles. The topological polar surface area (TPSA) is 52.7 Å². The van der Waals surface area contributed by atoms with Crippen LogP contribution in [0, 0.1) is 5.92 Å². The van der Waals surface area contributed by atoms with Gasteiger partial charge in [0, 0.05) is 31.6 Å². The normalized spacial score (nSPS) is 16.0. The van der Waals surface area contributed by atoms with E-state index in [9.17, 15) is 9.59 Å². The second kappa shape index (κ2) is 10.7. The molecule has 1 aliphatic heterocycles. The summed E-state index contributed by atoms with van der Waals surface area (Å²) in [5.74, 6) is 0.0601. The van der Waals surface area contributed by atoms with E-state index in [1.54, 1.807) is 6.08 Å². The number of likely N-dealkylation sites (tertiary alicyclic amines) is 1. The second-order valence-electron chi connectivity index (χ2n) is 7.98. The third-order valence-electron chi connectivity index (χ3n) is 5.67. The molecule has 1 aliphatic rings. The molecule has 0 aliphatic carbocycles. The lowest BCUT2D eigenvalue weighted by Crippen LogP contribution is -2.44. The maximum absolute atomic E-state index is 12.7. The largest absolute Gasteiger partial charge is 0.354 e. The minimum absolute atomic E-state index is 0.00876. The van der Waals surface area contributed by atoms with Crippen LogP contribution in [-0.2, 0) is 9.59 Å². The quantitative estimate of drug-likeness (QED) is 0.719. The number of piperidine rings is 1. The highest BCUT2D eigenvalue weighted by Gasteiger charge is 2.27. The number of carbonyl (C=O) groups is 2. The average Bonchev–Trinajstić information content (AvgIpc) is 2.79. The summed E-state index contributed by atoms with van der Waals surface area (Å²) in [7, 11) is 4.05. The monoisotopic (exact) mass is 405 g/mol. The van der Waals surface area contributed by atoms with Crippen LogP contribution in [0.15, 0.2) is 66.7 Å². The Bertz CT molecular complexity index is 841. The molecule has 2 amide bonds. The van der Waals surface area contributed by atoms with Crippen LogP contribution in [-0.4, -0.2) is 55.3 Å². The summed E-state index contributed by atoms with van der Waals surface area (Å²) in [5.41, 5.74) is 2.20. The minimum atomic E-state index is -0.0364. The van der Waals surface area contributed by atoms with E-state index in [0.29, 0.717) is 32.5 Å². The number of benzene rings is 2. The lowest BCUT2D eigenvalue weighted by atomic mass is 9.95. The number of nitrogens with one attached hydrogen (secondary N) is 1. The van der Waals surface area contributed by atoms with Gasteiger partial charge >= 0.3 is 0 Å². The zero-order chi connectivity index (χ0) is 21.3.